The number of hydrogen-bond acceptors (Lipinski definition) is 5. The average Bonchev–Trinajstić information content (AvgIpc) is 2.89. The molecule has 9 heteroatoms. The number of aromatic nitrogens is 3. The number of rotatable bonds is 4. The van der Waals surface area contributed by atoms with Crippen LogP contribution < -0.4 is 11.2 Å². The zero-order valence-corrected chi connectivity index (χ0v) is 13.4. The first kappa shape index (κ1) is 16.5. The van der Waals surface area contributed by atoms with Crippen molar-refractivity contribution in [3.05, 3.63) is 53.4 Å². The average molecular weight is 344 g/mol. The van der Waals surface area contributed by atoms with E-state index in [1.54, 1.807) is 30.7 Å². The van der Waals surface area contributed by atoms with Crippen molar-refractivity contribution in [2.45, 2.75) is 6.92 Å². The first-order valence-corrected chi connectivity index (χ1v) is 7.25. The second-order valence-corrected chi connectivity index (χ2v) is 5.35. The van der Waals surface area contributed by atoms with Crippen molar-refractivity contribution in [3.63, 3.8) is 0 Å². The zero-order chi connectivity index (χ0) is 18.1. The van der Waals surface area contributed by atoms with Crippen LogP contribution in [-0.2, 0) is 7.05 Å². The Morgan fingerprint density at radius 1 is 1.28 bits per heavy atom. The minimum Gasteiger partial charge on any atom is -0.366 e. The molecule has 1 amide bonds. The highest BCUT2D eigenvalue weighted by atomic mass is 19.2. The fourth-order valence-corrected chi connectivity index (χ4v) is 2.23. The predicted molar refractivity (Wildman–Crippen MR) is 89.2 cm³/mol. The van der Waals surface area contributed by atoms with Gasteiger partial charge in [0.05, 0.1) is 28.0 Å². The molecule has 25 heavy (non-hydrogen) atoms. The Hall–Kier alpha value is -3.36. The third-order valence-electron chi connectivity index (χ3n) is 3.67. The predicted octanol–water partition coefficient (Wildman–Crippen LogP) is 2.18. The van der Waals surface area contributed by atoms with Crippen molar-refractivity contribution >= 4 is 28.6 Å². The van der Waals surface area contributed by atoms with E-state index in [0.29, 0.717) is 34.0 Å². The molecule has 0 aliphatic carbocycles. The summed E-state index contributed by atoms with van der Waals surface area (Å²) in [5, 5.41) is 4.16. The lowest BCUT2D eigenvalue weighted by Crippen LogP contribution is -2.12. The van der Waals surface area contributed by atoms with Gasteiger partial charge in [-0.15, -0.1) is 0 Å². The monoisotopic (exact) mass is 344 g/mol. The van der Waals surface area contributed by atoms with Gasteiger partial charge in [-0.05, 0) is 19.1 Å². The van der Waals surface area contributed by atoms with Gasteiger partial charge < -0.3 is 10.3 Å². The summed E-state index contributed by atoms with van der Waals surface area (Å²) in [4.78, 5) is 19.3. The minimum absolute atomic E-state index is 0.295. The zero-order valence-electron chi connectivity index (χ0n) is 13.4. The van der Waals surface area contributed by atoms with Crippen LogP contribution in [0.5, 0.6) is 0 Å². The molecule has 3 rings (SSSR count). The molecule has 0 atom stereocenters. The van der Waals surface area contributed by atoms with E-state index < -0.39 is 17.5 Å². The molecule has 7 nitrogen and oxygen atoms in total. The summed E-state index contributed by atoms with van der Waals surface area (Å²) in [7, 11) is 1.65. The maximum Gasteiger partial charge on any atom is 0.250 e. The summed E-state index contributed by atoms with van der Waals surface area (Å²) in [5.74, 6) is -2.16. The van der Waals surface area contributed by atoms with Crippen LogP contribution in [0.1, 0.15) is 23.0 Å². The van der Waals surface area contributed by atoms with E-state index in [9.17, 15) is 13.6 Å². The normalized spacial score (nSPS) is 11.8. The summed E-state index contributed by atoms with van der Waals surface area (Å²) in [6.45, 7) is 1.71. The number of nitrogens with zero attached hydrogens (tertiary/aromatic N) is 4. The van der Waals surface area contributed by atoms with E-state index in [1.807, 2.05) is 0 Å². The molecule has 2 heterocycles. The number of primary amides is 1. The fraction of sp³-hybridized carbons (Fsp3) is 0.125. The highest BCUT2D eigenvalue weighted by molar-refractivity contribution is 5.98. The molecule has 0 saturated carbocycles. The molecule has 0 aliphatic rings. The molecule has 0 saturated heterocycles. The number of anilines is 1. The first-order chi connectivity index (χ1) is 11.9. The van der Waals surface area contributed by atoms with Crippen molar-refractivity contribution < 1.29 is 13.6 Å². The van der Waals surface area contributed by atoms with Crippen molar-refractivity contribution in [2.75, 3.05) is 5.43 Å². The number of carbonyl (C=O) groups excluding carboxylic acids is 1. The van der Waals surface area contributed by atoms with Crippen LogP contribution in [0.3, 0.4) is 0 Å². The van der Waals surface area contributed by atoms with Gasteiger partial charge in [-0.2, -0.15) is 5.10 Å². The summed E-state index contributed by atoms with van der Waals surface area (Å²) in [5.41, 5.74) is 10.00. The van der Waals surface area contributed by atoms with Crippen molar-refractivity contribution in [1.29, 1.82) is 0 Å². The van der Waals surface area contributed by atoms with Gasteiger partial charge in [0.25, 0.3) is 0 Å². The number of halogens is 2. The van der Waals surface area contributed by atoms with E-state index in [0.717, 1.165) is 12.1 Å². The lowest BCUT2D eigenvalue weighted by molar-refractivity contribution is 0.1000. The molecule has 0 radical (unpaired) electrons. The van der Waals surface area contributed by atoms with E-state index in [-0.39, 0.29) is 0 Å². The van der Waals surface area contributed by atoms with Crippen molar-refractivity contribution in [3.8, 4) is 0 Å². The largest absolute Gasteiger partial charge is 0.366 e. The summed E-state index contributed by atoms with van der Waals surface area (Å²) >= 11 is 0. The van der Waals surface area contributed by atoms with Gasteiger partial charge in [0.2, 0.25) is 11.9 Å². The van der Waals surface area contributed by atoms with Crippen LogP contribution in [-0.4, -0.2) is 26.2 Å². The lowest BCUT2D eigenvalue weighted by Gasteiger charge is -2.04. The van der Waals surface area contributed by atoms with E-state index in [2.05, 4.69) is 20.5 Å². The maximum absolute atomic E-state index is 13.4. The number of nitrogens with one attached hydrogen (secondary N) is 1. The Morgan fingerprint density at radius 3 is 2.64 bits per heavy atom. The standard InChI is InChI=1S/C16H14F2N6O/c1-8(12-4-3-9(7-20-12)15(19)25)22-23-16-21-13-5-10(17)11(18)6-14(13)24(16)2/h3-7H,1-2H3,(H2,19,25)(H,21,23)/b22-8+. The number of carbonyl (C=O) groups is 1. The molecule has 3 aromatic rings. The molecule has 0 aliphatic heterocycles. The number of imidazole rings is 1. The Balaban J connectivity index is 1.86. The molecule has 1 aromatic carbocycles. The summed E-state index contributed by atoms with van der Waals surface area (Å²) in [6, 6.07) is 5.25. The number of benzene rings is 1. The quantitative estimate of drug-likeness (QED) is 0.560. The molecule has 0 unspecified atom stereocenters. The van der Waals surface area contributed by atoms with Crippen molar-refractivity contribution in [1.82, 2.24) is 14.5 Å². The molecular weight excluding hydrogens is 330 g/mol. The second-order valence-electron chi connectivity index (χ2n) is 5.35. The van der Waals surface area contributed by atoms with Crippen LogP contribution in [0.4, 0.5) is 14.7 Å². The van der Waals surface area contributed by atoms with Gasteiger partial charge in [-0.25, -0.2) is 19.2 Å². The minimum atomic E-state index is -0.962. The molecule has 2 aromatic heterocycles. The highest BCUT2D eigenvalue weighted by Gasteiger charge is 2.12. The number of pyridine rings is 1. The number of fused-ring (bicyclic) bond motifs is 1. The Bertz CT molecular complexity index is 994. The SMILES string of the molecule is C/C(=N\Nc1nc2cc(F)c(F)cc2n1C)c1ccc(C(N)=O)cn1. The molecule has 0 fully saturated rings. The molecular formula is C16H14F2N6O. The lowest BCUT2D eigenvalue weighted by atomic mass is 10.2. The van der Waals surface area contributed by atoms with Gasteiger partial charge >= 0.3 is 0 Å². The number of hydrazone groups is 1. The molecule has 0 bridgehead atoms. The van der Waals surface area contributed by atoms with Crippen LogP contribution >= 0.6 is 0 Å². The fourth-order valence-electron chi connectivity index (χ4n) is 2.23. The number of nitrogens with two attached hydrogens (primary N) is 1. The number of hydrogen-bond donors (Lipinski definition) is 2. The van der Waals surface area contributed by atoms with E-state index >= 15 is 0 Å². The van der Waals surface area contributed by atoms with E-state index in [4.69, 9.17) is 5.73 Å². The third kappa shape index (κ3) is 3.16. The van der Waals surface area contributed by atoms with Gasteiger partial charge in [-0.1, -0.05) is 0 Å². The van der Waals surface area contributed by atoms with Crippen LogP contribution in [0.25, 0.3) is 11.0 Å². The number of aryl methyl sites for hydroxylation is 1. The van der Waals surface area contributed by atoms with E-state index in [1.165, 1.54) is 6.20 Å². The Morgan fingerprint density at radius 2 is 2.00 bits per heavy atom. The summed E-state index contributed by atoms with van der Waals surface area (Å²) in [6.07, 6.45) is 1.36. The Kier molecular flexibility index (Phi) is 4.14. The van der Waals surface area contributed by atoms with Gasteiger partial charge in [-0.3, -0.25) is 9.78 Å². The Labute approximate surface area is 141 Å². The smallest absolute Gasteiger partial charge is 0.250 e. The second kappa shape index (κ2) is 6.27. The van der Waals surface area contributed by atoms with Gasteiger partial charge in [0.1, 0.15) is 0 Å². The molecule has 0 spiro atoms. The highest BCUT2D eigenvalue weighted by Crippen LogP contribution is 2.21. The first-order valence-electron chi connectivity index (χ1n) is 7.25. The third-order valence-corrected chi connectivity index (χ3v) is 3.67. The molecule has 128 valence electrons. The van der Waals surface area contributed by atoms with Crippen LogP contribution in [0, 0.1) is 11.6 Å². The number of amides is 1. The van der Waals surface area contributed by atoms with Gasteiger partial charge in [0, 0.05) is 25.4 Å². The summed E-state index contributed by atoms with van der Waals surface area (Å²) < 4.78 is 28.2. The van der Waals surface area contributed by atoms with Crippen LogP contribution in [0.15, 0.2) is 35.6 Å². The van der Waals surface area contributed by atoms with Crippen molar-refractivity contribution in [2.24, 2.45) is 17.9 Å². The van der Waals surface area contributed by atoms with Gasteiger partial charge in [0.15, 0.2) is 11.6 Å². The van der Waals surface area contributed by atoms with Crippen LogP contribution in [0.2, 0.25) is 0 Å². The maximum atomic E-state index is 13.4. The topological polar surface area (TPSA) is 98.2 Å². The molecule has 3 N–H and O–H groups in total.